The van der Waals surface area contributed by atoms with Gasteiger partial charge in [-0.05, 0) is 64.8 Å². The molecule has 3 atom stereocenters. The number of hydrogen-bond donors (Lipinski definition) is 2. The summed E-state index contributed by atoms with van der Waals surface area (Å²) in [6.45, 7) is 8.90. The topological polar surface area (TPSA) is 70.7 Å². The molecular weight excluding hydrogens is 381 g/mol. The van der Waals surface area contributed by atoms with E-state index < -0.39 is 27.7 Å². The Hall–Kier alpha value is -1.38. The third-order valence-electron chi connectivity index (χ3n) is 4.89. The van der Waals surface area contributed by atoms with Crippen LogP contribution >= 0.6 is 0 Å². The van der Waals surface area contributed by atoms with E-state index in [0.29, 0.717) is 13.1 Å². The number of anilines is 2. The Bertz CT molecular complexity index is 697. The monoisotopic (exact) mass is 415 g/mol. The molecule has 160 valence electrons. The largest absolute Gasteiger partial charge is 0.385 e. The van der Waals surface area contributed by atoms with Crippen LogP contribution in [0.1, 0.15) is 47.0 Å². The highest BCUT2D eigenvalue weighted by Gasteiger charge is 2.32. The van der Waals surface area contributed by atoms with Crippen LogP contribution in [0.25, 0.3) is 0 Å². The lowest BCUT2D eigenvalue weighted by Gasteiger charge is -2.39. The number of ether oxygens (including phenoxy) is 1. The third-order valence-corrected chi connectivity index (χ3v) is 6.74. The molecule has 28 heavy (non-hydrogen) atoms. The van der Waals surface area contributed by atoms with Crippen molar-refractivity contribution in [3.8, 4) is 0 Å². The minimum absolute atomic E-state index is 0.00446. The van der Waals surface area contributed by atoms with Crippen molar-refractivity contribution in [3.05, 3.63) is 24.3 Å². The molecule has 1 saturated heterocycles. The molecule has 6 nitrogen and oxygen atoms in total. The van der Waals surface area contributed by atoms with Gasteiger partial charge in [-0.2, -0.15) is 0 Å². The average molecular weight is 416 g/mol. The van der Waals surface area contributed by atoms with Gasteiger partial charge in [-0.3, -0.25) is 0 Å². The Balaban J connectivity index is 1.69. The van der Waals surface area contributed by atoms with Gasteiger partial charge in [0.15, 0.2) is 6.30 Å². The van der Waals surface area contributed by atoms with Crippen molar-refractivity contribution in [1.29, 1.82) is 0 Å². The second-order valence-electron chi connectivity index (χ2n) is 7.70. The van der Waals surface area contributed by atoms with Gasteiger partial charge in [0.1, 0.15) is 6.10 Å². The third kappa shape index (κ3) is 6.60. The average Bonchev–Trinajstić information content (AvgIpc) is 2.64. The van der Waals surface area contributed by atoms with Crippen LogP contribution in [0.15, 0.2) is 24.3 Å². The van der Waals surface area contributed by atoms with E-state index in [1.807, 2.05) is 31.2 Å². The van der Waals surface area contributed by atoms with Crippen molar-refractivity contribution in [3.63, 3.8) is 0 Å². The van der Waals surface area contributed by atoms with E-state index >= 15 is 0 Å². The first kappa shape index (κ1) is 22.9. The van der Waals surface area contributed by atoms with Crippen molar-refractivity contribution < 1.29 is 17.5 Å². The fraction of sp³-hybridized carbons (Fsp3) is 0.700. The van der Waals surface area contributed by atoms with E-state index in [2.05, 4.69) is 10.0 Å². The molecule has 0 spiro atoms. The number of hydrogen-bond acceptors (Lipinski definition) is 5. The van der Waals surface area contributed by atoms with Gasteiger partial charge >= 0.3 is 0 Å². The molecule has 1 aromatic rings. The molecule has 1 aliphatic heterocycles. The maximum atomic E-state index is 14.4. The van der Waals surface area contributed by atoms with Gasteiger partial charge in [-0.1, -0.05) is 6.42 Å². The summed E-state index contributed by atoms with van der Waals surface area (Å²) in [5.41, 5.74) is 1.85. The number of benzene rings is 1. The summed E-state index contributed by atoms with van der Waals surface area (Å²) < 4.78 is 45.9. The molecule has 8 heteroatoms. The standard InChI is InChI=1S/C20H34FN3O3S/c1-15(2)28(25,26)23-13-7-5-6-12-22-18-8-10-19(11-9-18)24-14-16(3)27-17(4)20(24)21/h8-11,15-17,20,22-23H,5-7,12-14H2,1-4H3. The molecule has 0 radical (unpaired) electrons. The smallest absolute Gasteiger partial charge is 0.213 e. The lowest BCUT2D eigenvalue weighted by molar-refractivity contribution is -0.0614. The highest BCUT2D eigenvalue weighted by Crippen LogP contribution is 2.27. The highest BCUT2D eigenvalue weighted by atomic mass is 32.2. The zero-order chi connectivity index (χ0) is 20.7. The number of rotatable bonds is 10. The molecule has 1 fully saturated rings. The summed E-state index contributed by atoms with van der Waals surface area (Å²) in [6.07, 6.45) is 1.15. The van der Waals surface area contributed by atoms with Gasteiger partial charge in [0.25, 0.3) is 0 Å². The molecule has 1 heterocycles. The number of halogens is 1. The Morgan fingerprint density at radius 1 is 1.14 bits per heavy atom. The van der Waals surface area contributed by atoms with E-state index in [1.54, 1.807) is 25.7 Å². The van der Waals surface area contributed by atoms with Crippen molar-refractivity contribution >= 4 is 21.4 Å². The quantitative estimate of drug-likeness (QED) is 0.452. The highest BCUT2D eigenvalue weighted by molar-refractivity contribution is 7.90. The van der Waals surface area contributed by atoms with Crippen LogP contribution in [0, 0.1) is 0 Å². The first-order valence-corrected chi connectivity index (χ1v) is 11.6. The lowest BCUT2D eigenvalue weighted by Crippen LogP contribution is -2.51. The summed E-state index contributed by atoms with van der Waals surface area (Å²) in [5, 5.41) is 2.96. The summed E-state index contributed by atoms with van der Waals surface area (Å²) in [5.74, 6) is 0. The summed E-state index contributed by atoms with van der Waals surface area (Å²) >= 11 is 0. The molecule has 1 aromatic carbocycles. The summed E-state index contributed by atoms with van der Waals surface area (Å²) in [4.78, 5) is 1.75. The van der Waals surface area contributed by atoms with Gasteiger partial charge in [-0.15, -0.1) is 0 Å². The van der Waals surface area contributed by atoms with E-state index in [4.69, 9.17) is 4.74 Å². The Kier molecular flexibility index (Phi) is 8.52. The van der Waals surface area contributed by atoms with Crippen LogP contribution in [0.3, 0.4) is 0 Å². The predicted molar refractivity (Wildman–Crippen MR) is 113 cm³/mol. The maximum absolute atomic E-state index is 14.4. The fourth-order valence-electron chi connectivity index (χ4n) is 3.16. The van der Waals surface area contributed by atoms with Crippen LogP contribution in [-0.2, 0) is 14.8 Å². The van der Waals surface area contributed by atoms with Gasteiger partial charge in [0.05, 0.1) is 11.4 Å². The lowest BCUT2D eigenvalue weighted by atomic mass is 10.1. The van der Waals surface area contributed by atoms with E-state index in [9.17, 15) is 12.8 Å². The number of nitrogens with zero attached hydrogens (tertiary/aromatic N) is 1. The first-order valence-electron chi connectivity index (χ1n) is 10.1. The second-order valence-corrected chi connectivity index (χ2v) is 10.0. The Morgan fingerprint density at radius 3 is 2.43 bits per heavy atom. The molecule has 2 rings (SSSR count). The van der Waals surface area contributed by atoms with Gasteiger partial charge < -0.3 is 15.0 Å². The zero-order valence-electron chi connectivity index (χ0n) is 17.3. The minimum atomic E-state index is -3.16. The number of sulfonamides is 1. The SMILES string of the molecule is CC1CN(c2ccc(NCCCCCNS(=O)(=O)C(C)C)cc2)C(F)C(C)O1. The van der Waals surface area contributed by atoms with E-state index in [-0.39, 0.29) is 6.10 Å². The predicted octanol–water partition coefficient (Wildman–Crippen LogP) is 3.51. The van der Waals surface area contributed by atoms with Crippen LogP contribution in [-0.4, -0.2) is 51.8 Å². The van der Waals surface area contributed by atoms with E-state index in [1.165, 1.54) is 0 Å². The molecule has 2 N–H and O–H groups in total. The normalized spacial score (nSPS) is 23.2. The second kappa shape index (κ2) is 10.4. The minimum Gasteiger partial charge on any atom is -0.385 e. The summed E-state index contributed by atoms with van der Waals surface area (Å²) in [6, 6.07) is 7.79. The van der Waals surface area contributed by atoms with Crippen LogP contribution in [0.5, 0.6) is 0 Å². The van der Waals surface area contributed by atoms with Gasteiger partial charge in [-0.25, -0.2) is 17.5 Å². The number of alkyl halides is 1. The van der Waals surface area contributed by atoms with Gasteiger partial charge in [0.2, 0.25) is 10.0 Å². The van der Waals surface area contributed by atoms with Crippen LogP contribution < -0.4 is 14.9 Å². The fourth-order valence-corrected chi connectivity index (χ4v) is 3.93. The Labute approximate surface area is 168 Å². The molecule has 0 amide bonds. The molecule has 0 bridgehead atoms. The molecule has 3 unspecified atom stereocenters. The summed E-state index contributed by atoms with van der Waals surface area (Å²) in [7, 11) is -3.16. The van der Waals surface area contributed by atoms with Crippen molar-refractivity contribution in [2.45, 2.75) is 70.7 Å². The molecule has 0 saturated carbocycles. The molecule has 1 aliphatic rings. The zero-order valence-corrected chi connectivity index (χ0v) is 18.1. The van der Waals surface area contributed by atoms with E-state index in [0.717, 1.165) is 37.2 Å². The van der Waals surface area contributed by atoms with Gasteiger partial charge in [0, 0.05) is 31.0 Å². The van der Waals surface area contributed by atoms with Crippen molar-refractivity contribution in [1.82, 2.24) is 4.72 Å². The number of morpholine rings is 1. The number of unbranched alkanes of at least 4 members (excludes halogenated alkanes) is 2. The van der Waals surface area contributed by atoms with Crippen LogP contribution in [0.4, 0.5) is 15.8 Å². The maximum Gasteiger partial charge on any atom is 0.213 e. The first-order chi connectivity index (χ1) is 13.2. The molecule has 0 aliphatic carbocycles. The van der Waals surface area contributed by atoms with Crippen LogP contribution in [0.2, 0.25) is 0 Å². The molecule has 0 aromatic heterocycles. The van der Waals surface area contributed by atoms with Crippen molar-refractivity contribution in [2.24, 2.45) is 0 Å². The Morgan fingerprint density at radius 2 is 1.79 bits per heavy atom. The number of nitrogens with one attached hydrogen (secondary N) is 2. The molecular formula is C20H34FN3O3S. The van der Waals surface area contributed by atoms with Crippen molar-refractivity contribution in [2.75, 3.05) is 29.9 Å².